The lowest BCUT2D eigenvalue weighted by atomic mass is 9.77. The van der Waals surface area contributed by atoms with Gasteiger partial charge in [0.2, 0.25) is 17.7 Å². The van der Waals surface area contributed by atoms with Crippen molar-refractivity contribution in [2.24, 2.45) is 0 Å². The minimum absolute atomic E-state index is 0.00556. The number of aromatic nitrogens is 2. The van der Waals surface area contributed by atoms with E-state index in [0.717, 1.165) is 31.2 Å². The minimum Gasteiger partial charge on any atom is -0.423 e. The molecule has 0 N–H and O–H groups in total. The zero-order valence-electron chi connectivity index (χ0n) is 15.7. The summed E-state index contributed by atoms with van der Waals surface area (Å²) < 4.78 is 25.1. The van der Waals surface area contributed by atoms with Crippen molar-refractivity contribution in [3.8, 4) is 0 Å². The molecule has 1 aliphatic carbocycles. The van der Waals surface area contributed by atoms with E-state index in [0.29, 0.717) is 24.7 Å². The second-order valence-corrected chi connectivity index (χ2v) is 7.53. The summed E-state index contributed by atoms with van der Waals surface area (Å²) in [5, 5.41) is 8.05. The topological polar surface area (TPSA) is 68.5 Å². The average Bonchev–Trinajstić information content (AvgIpc) is 3.40. The van der Waals surface area contributed by atoms with Crippen LogP contribution in [0.5, 0.6) is 0 Å². The number of hydrogen-bond donors (Lipinski definition) is 0. The highest BCUT2D eigenvalue weighted by molar-refractivity contribution is 5.89. The Morgan fingerprint density at radius 1 is 1.33 bits per heavy atom. The number of benzene rings is 1. The normalized spacial score (nSPS) is 24.5. The van der Waals surface area contributed by atoms with Crippen LogP contribution in [0.1, 0.15) is 55.5 Å². The van der Waals surface area contributed by atoms with Crippen LogP contribution in [0.3, 0.4) is 0 Å². The maximum atomic E-state index is 13.9. The molecule has 0 radical (unpaired) electrons. The summed E-state index contributed by atoms with van der Waals surface area (Å²) in [7, 11) is 1.65. The van der Waals surface area contributed by atoms with Gasteiger partial charge in [-0.3, -0.25) is 4.79 Å². The molecule has 2 aromatic rings. The lowest BCUT2D eigenvalue weighted by Gasteiger charge is -2.35. The van der Waals surface area contributed by atoms with Crippen molar-refractivity contribution >= 4 is 5.91 Å². The first-order valence-corrected chi connectivity index (χ1v) is 9.43. The Morgan fingerprint density at radius 3 is 2.74 bits per heavy atom. The van der Waals surface area contributed by atoms with Gasteiger partial charge in [-0.25, -0.2) is 4.39 Å². The Hall–Kier alpha value is -2.28. The van der Waals surface area contributed by atoms with Gasteiger partial charge < -0.3 is 14.1 Å². The van der Waals surface area contributed by atoms with Gasteiger partial charge in [0.25, 0.3) is 0 Å². The first-order chi connectivity index (χ1) is 13.0. The predicted octanol–water partition coefficient (Wildman–Crippen LogP) is 3.32. The molecule has 2 aliphatic rings. The van der Waals surface area contributed by atoms with Crippen molar-refractivity contribution < 1.29 is 18.3 Å². The standard InChI is InChI=1S/C20H24FN3O3/c1-13-22-23-18(27-13)17-11-16(26-2)12-24(17)19(25)20(8-3-4-9-20)14-6-5-7-15(21)10-14/h5-7,10,16-17H,3-4,8-9,11-12H2,1-2H3/t16-,17+/m0/s1. The van der Waals surface area contributed by atoms with E-state index in [1.54, 1.807) is 25.0 Å². The first kappa shape index (κ1) is 18.1. The number of likely N-dealkylation sites (tertiary alicyclic amines) is 1. The zero-order chi connectivity index (χ0) is 19.0. The zero-order valence-corrected chi connectivity index (χ0v) is 15.7. The molecule has 1 saturated heterocycles. The molecular formula is C20H24FN3O3. The second kappa shape index (κ2) is 7.03. The fraction of sp³-hybridized carbons (Fsp3) is 0.550. The molecule has 144 valence electrons. The Morgan fingerprint density at radius 2 is 2.11 bits per heavy atom. The van der Waals surface area contributed by atoms with Crippen LogP contribution in [-0.4, -0.2) is 40.8 Å². The molecule has 1 aromatic heterocycles. The van der Waals surface area contributed by atoms with Gasteiger partial charge in [0.15, 0.2) is 0 Å². The Kier molecular flexibility index (Phi) is 4.72. The molecule has 0 bridgehead atoms. The molecule has 1 amide bonds. The number of halogens is 1. The summed E-state index contributed by atoms with van der Waals surface area (Å²) in [5.41, 5.74) is 0.0595. The van der Waals surface area contributed by atoms with Crippen molar-refractivity contribution in [3.05, 3.63) is 47.4 Å². The lowest BCUT2D eigenvalue weighted by Crippen LogP contribution is -2.45. The molecule has 0 unspecified atom stereocenters. The Labute approximate surface area is 157 Å². The van der Waals surface area contributed by atoms with Crippen LogP contribution >= 0.6 is 0 Å². The molecule has 2 heterocycles. The number of aryl methyl sites for hydroxylation is 1. The van der Waals surface area contributed by atoms with Gasteiger partial charge in [0.05, 0.1) is 11.5 Å². The van der Waals surface area contributed by atoms with Crippen LogP contribution in [0.4, 0.5) is 4.39 Å². The number of ether oxygens (including phenoxy) is 1. The maximum absolute atomic E-state index is 13.9. The van der Waals surface area contributed by atoms with E-state index in [1.807, 2.05) is 6.07 Å². The molecule has 2 fully saturated rings. The maximum Gasteiger partial charge on any atom is 0.239 e. The van der Waals surface area contributed by atoms with Crippen molar-refractivity contribution in [1.82, 2.24) is 15.1 Å². The van der Waals surface area contributed by atoms with Crippen LogP contribution in [0, 0.1) is 12.7 Å². The monoisotopic (exact) mass is 373 g/mol. The van der Waals surface area contributed by atoms with E-state index in [-0.39, 0.29) is 23.9 Å². The SMILES string of the molecule is CO[C@H]1C[C@H](c2nnc(C)o2)N(C(=O)C2(c3cccc(F)c3)CCCC2)C1. The summed E-state index contributed by atoms with van der Waals surface area (Å²) in [4.78, 5) is 15.6. The molecule has 1 saturated carbocycles. The van der Waals surface area contributed by atoms with Gasteiger partial charge in [0, 0.05) is 27.0 Å². The van der Waals surface area contributed by atoms with Crippen LogP contribution in [-0.2, 0) is 14.9 Å². The summed E-state index contributed by atoms with van der Waals surface area (Å²) in [5.74, 6) is 0.601. The summed E-state index contributed by atoms with van der Waals surface area (Å²) >= 11 is 0. The second-order valence-electron chi connectivity index (χ2n) is 7.53. The molecule has 1 aliphatic heterocycles. The number of nitrogens with zero attached hydrogens (tertiary/aromatic N) is 3. The smallest absolute Gasteiger partial charge is 0.239 e. The summed E-state index contributed by atoms with van der Waals surface area (Å²) in [6.45, 7) is 2.20. The van der Waals surface area contributed by atoms with Gasteiger partial charge in [-0.2, -0.15) is 0 Å². The molecule has 0 spiro atoms. The number of carbonyl (C=O) groups is 1. The van der Waals surface area contributed by atoms with Crippen LogP contribution in [0.15, 0.2) is 28.7 Å². The van der Waals surface area contributed by atoms with Gasteiger partial charge in [-0.15, -0.1) is 10.2 Å². The number of carbonyl (C=O) groups excluding carboxylic acids is 1. The van der Waals surface area contributed by atoms with Gasteiger partial charge in [-0.1, -0.05) is 25.0 Å². The van der Waals surface area contributed by atoms with Crippen molar-refractivity contribution in [2.45, 2.75) is 56.6 Å². The highest BCUT2D eigenvalue weighted by Gasteiger charge is 2.50. The lowest BCUT2D eigenvalue weighted by molar-refractivity contribution is -0.139. The van der Waals surface area contributed by atoms with Crippen LogP contribution < -0.4 is 0 Å². The van der Waals surface area contributed by atoms with E-state index in [4.69, 9.17) is 9.15 Å². The van der Waals surface area contributed by atoms with Crippen molar-refractivity contribution in [1.29, 1.82) is 0 Å². The molecular weight excluding hydrogens is 349 g/mol. The summed E-state index contributed by atoms with van der Waals surface area (Å²) in [6, 6.07) is 6.15. The fourth-order valence-corrected chi connectivity index (χ4v) is 4.54. The molecule has 6 nitrogen and oxygen atoms in total. The first-order valence-electron chi connectivity index (χ1n) is 9.43. The van der Waals surface area contributed by atoms with E-state index in [1.165, 1.54) is 12.1 Å². The number of amides is 1. The third-order valence-corrected chi connectivity index (χ3v) is 5.93. The molecule has 27 heavy (non-hydrogen) atoms. The number of methoxy groups -OCH3 is 1. The average molecular weight is 373 g/mol. The van der Waals surface area contributed by atoms with Gasteiger partial charge in [0.1, 0.15) is 11.9 Å². The molecule has 7 heteroatoms. The molecule has 1 aromatic carbocycles. The van der Waals surface area contributed by atoms with Crippen LogP contribution in [0.2, 0.25) is 0 Å². The van der Waals surface area contributed by atoms with E-state index < -0.39 is 5.41 Å². The Bertz CT molecular complexity index is 831. The van der Waals surface area contributed by atoms with Gasteiger partial charge in [-0.05, 0) is 30.5 Å². The van der Waals surface area contributed by atoms with Crippen molar-refractivity contribution in [2.75, 3.05) is 13.7 Å². The Balaban J connectivity index is 1.71. The van der Waals surface area contributed by atoms with Gasteiger partial charge >= 0.3 is 0 Å². The highest BCUT2D eigenvalue weighted by Crippen LogP contribution is 2.46. The third kappa shape index (κ3) is 3.14. The van der Waals surface area contributed by atoms with E-state index in [9.17, 15) is 9.18 Å². The van der Waals surface area contributed by atoms with E-state index >= 15 is 0 Å². The highest BCUT2D eigenvalue weighted by atomic mass is 19.1. The minimum atomic E-state index is -0.696. The molecule has 4 rings (SSSR count). The predicted molar refractivity (Wildman–Crippen MR) is 95.4 cm³/mol. The van der Waals surface area contributed by atoms with Crippen LogP contribution in [0.25, 0.3) is 0 Å². The third-order valence-electron chi connectivity index (χ3n) is 5.93. The number of rotatable bonds is 4. The fourth-order valence-electron chi connectivity index (χ4n) is 4.54. The van der Waals surface area contributed by atoms with E-state index in [2.05, 4.69) is 10.2 Å². The summed E-state index contributed by atoms with van der Waals surface area (Å²) in [6.07, 6.45) is 3.88. The number of hydrogen-bond acceptors (Lipinski definition) is 5. The molecule has 2 atom stereocenters. The van der Waals surface area contributed by atoms with Crippen molar-refractivity contribution in [3.63, 3.8) is 0 Å². The largest absolute Gasteiger partial charge is 0.423 e. The quantitative estimate of drug-likeness (QED) is 0.822.